The molecule has 0 spiro atoms. The third kappa shape index (κ3) is 0.987. The first-order valence-corrected chi connectivity index (χ1v) is 3.84. The van der Waals surface area contributed by atoms with Crippen molar-refractivity contribution in [2.45, 2.75) is 0 Å². The van der Waals surface area contributed by atoms with Crippen LogP contribution in [0.3, 0.4) is 0 Å². The van der Waals surface area contributed by atoms with E-state index in [1.165, 1.54) is 0 Å². The summed E-state index contributed by atoms with van der Waals surface area (Å²) in [5.41, 5.74) is 1.41. The summed E-state index contributed by atoms with van der Waals surface area (Å²) in [7, 11) is 0. The predicted octanol–water partition coefficient (Wildman–Crippen LogP) is 2.13. The first-order chi connectivity index (χ1) is 5.79. The lowest BCUT2D eigenvalue weighted by Gasteiger charge is -1.88. The quantitative estimate of drug-likeness (QED) is 0.648. The average Bonchev–Trinajstić information content (AvgIpc) is 2.47. The number of H-pyrrole nitrogens is 1. The molecule has 1 aromatic heterocycles. The van der Waals surface area contributed by atoms with Crippen LogP contribution in [0.2, 0.25) is 0 Å². The zero-order valence-corrected chi connectivity index (χ0v) is 6.89. The predicted molar refractivity (Wildman–Crippen MR) is 48.8 cm³/mol. The zero-order valence-electron chi connectivity index (χ0n) is 6.13. The molecule has 0 aliphatic rings. The number of benzene rings is 1. The first kappa shape index (κ1) is 7.31. The summed E-state index contributed by atoms with van der Waals surface area (Å²) in [6.07, 6.45) is 0. The number of aromatic nitrogens is 2. The molecule has 0 radical (unpaired) electrons. The number of para-hydroxylation sites is 1. The van der Waals surface area contributed by atoms with E-state index < -0.39 is 0 Å². The van der Waals surface area contributed by atoms with Gasteiger partial charge in [0.05, 0.1) is 5.52 Å². The van der Waals surface area contributed by atoms with Gasteiger partial charge in [-0.25, -0.2) is 0 Å². The number of hydrogen-bond donors (Lipinski definition) is 2. The molecule has 2 aromatic rings. The Morgan fingerprint density at radius 2 is 2.17 bits per heavy atom. The van der Waals surface area contributed by atoms with Gasteiger partial charge >= 0.3 is 0 Å². The summed E-state index contributed by atoms with van der Waals surface area (Å²) >= 11 is 5.52. The molecule has 60 valence electrons. The summed E-state index contributed by atoms with van der Waals surface area (Å²) in [6, 6.07) is 7.57. The van der Waals surface area contributed by atoms with Crippen molar-refractivity contribution in [3.8, 4) is 0 Å². The smallest absolute Gasteiger partial charge is 0.149 e. The molecule has 3 nitrogen and oxygen atoms in total. The lowest BCUT2D eigenvalue weighted by Crippen LogP contribution is -1.88. The van der Waals surface area contributed by atoms with E-state index in [9.17, 15) is 0 Å². The van der Waals surface area contributed by atoms with Gasteiger partial charge in [-0.2, -0.15) is 5.10 Å². The van der Waals surface area contributed by atoms with Gasteiger partial charge in [0, 0.05) is 5.39 Å². The van der Waals surface area contributed by atoms with Crippen LogP contribution in [0, 0.1) is 5.41 Å². The Hall–Kier alpha value is -1.35. The van der Waals surface area contributed by atoms with E-state index in [1.54, 1.807) is 0 Å². The van der Waals surface area contributed by atoms with Crippen molar-refractivity contribution in [2.24, 2.45) is 0 Å². The van der Waals surface area contributed by atoms with Gasteiger partial charge in [0.15, 0.2) is 0 Å². The van der Waals surface area contributed by atoms with Crippen molar-refractivity contribution >= 4 is 27.7 Å². The molecule has 0 aliphatic heterocycles. The van der Waals surface area contributed by atoms with Crippen molar-refractivity contribution in [3.63, 3.8) is 0 Å². The van der Waals surface area contributed by atoms with Crippen LogP contribution in [0.5, 0.6) is 0 Å². The molecule has 0 saturated heterocycles. The summed E-state index contributed by atoms with van der Waals surface area (Å²) in [4.78, 5) is 0. The van der Waals surface area contributed by atoms with Gasteiger partial charge in [-0.15, -0.1) is 0 Å². The van der Waals surface area contributed by atoms with Crippen molar-refractivity contribution in [2.75, 3.05) is 0 Å². The number of halogens is 1. The van der Waals surface area contributed by atoms with Gasteiger partial charge in [0.2, 0.25) is 0 Å². The van der Waals surface area contributed by atoms with Crippen LogP contribution >= 0.6 is 11.6 Å². The molecule has 0 aliphatic carbocycles. The summed E-state index contributed by atoms with van der Waals surface area (Å²) in [6.45, 7) is 0. The summed E-state index contributed by atoms with van der Waals surface area (Å²) < 4.78 is 0. The van der Waals surface area contributed by atoms with Crippen LogP contribution in [0.25, 0.3) is 10.9 Å². The Balaban J connectivity index is 2.79. The summed E-state index contributed by atoms with van der Waals surface area (Å²) in [5, 5.41) is 14.8. The largest absolute Gasteiger partial charge is 0.287 e. The van der Waals surface area contributed by atoms with E-state index in [4.69, 9.17) is 17.0 Å². The third-order valence-corrected chi connectivity index (χ3v) is 1.86. The van der Waals surface area contributed by atoms with E-state index in [-0.39, 0.29) is 5.17 Å². The molecule has 2 N–H and O–H groups in total. The van der Waals surface area contributed by atoms with Gasteiger partial charge in [-0.3, -0.25) is 10.5 Å². The fourth-order valence-electron chi connectivity index (χ4n) is 1.13. The van der Waals surface area contributed by atoms with Gasteiger partial charge in [0.25, 0.3) is 0 Å². The highest BCUT2D eigenvalue weighted by atomic mass is 35.5. The second-order valence-corrected chi connectivity index (χ2v) is 2.81. The number of nitrogens with zero attached hydrogens (tertiary/aromatic N) is 1. The number of aromatic amines is 1. The molecule has 2 rings (SSSR count). The van der Waals surface area contributed by atoms with Crippen LogP contribution in [-0.2, 0) is 0 Å². The maximum absolute atomic E-state index is 7.22. The fraction of sp³-hybridized carbons (Fsp3) is 0. The van der Waals surface area contributed by atoms with Crippen LogP contribution in [0.4, 0.5) is 0 Å². The molecule has 0 bridgehead atoms. The van der Waals surface area contributed by atoms with Crippen LogP contribution in [-0.4, -0.2) is 15.4 Å². The molecule has 0 atom stereocenters. The molecule has 0 amide bonds. The maximum Gasteiger partial charge on any atom is 0.149 e. The Morgan fingerprint density at radius 3 is 2.92 bits per heavy atom. The molecular weight excluding hydrogens is 174 g/mol. The monoisotopic (exact) mass is 179 g/mol. The fourth-order valence-corrected chi connectivity index (χ4v) is 1.27. The molecular formula is C8H6ClN3. The lowest BCUT2D eigenvalue weighted by molar-refractivity contribution is 1.11. The minimum Gasteiger partial charge on any atom is -0.287 e. The Labute approximate surface area is 73.9 Å². The zero-order chi connectivity index (χ0) is 8.55. The average molecular weight is 180 g/mol. The van der Waals surface area contributed by atoms with Gasteiger partial charge < -0.3 is 0 Å². The third-order valence-electron chi connectivity index (χ3n) is 1.68. The van der Waals surface area contributed by atoms with Crippen molar-refractivity contribution in [1.82, 2.24) is 10.2 Å². The number of nitrogens with one attached hydrogen (secondary N) is 2. The summed E-state index contributed by atoms with van der Waals surface area (Å²) in [5.74, 6) is 0. The highest BCUT2D eigenvalue weighted by Crippen LogP contribution is 2.16. The van der Waals surface area contributed by atoms with Crippen LogP contribution in [0.15, 0.2) is 24.3 Å². The molecule has 0 fully saturated rings. The Kier molecular flexibility index (Phi) is 1.59. The maximum atomic E-state index is 7.22. The molecule has 1 aromatic carbocycles. The second-order valence-electron chi connectivity index (χ2n) is 2.43. The first-order valence-electron chi connectivity index (χ1n) is 3.46. The highest BCUT2D eigenvalue weighted by Gasteiger charge is 2.06. The SMILES string of the molecule is N=C(Cl)c1n[nH]c2ccccc12. The van der Waals surface area contributed by atoms with Crippen molar-refractivity contribution < 1.29 is 0 Å². The van der Waals surface area contributed by atoms with Crippen LogP contribution < -0.4 is 0 Å². The number of hydrogen-bond acceptors (Lipinski definition) is 2. The van der Waals surface area contributed by atoms with Crippen molar-refractivity contribution in [3.05, 3.63) is 30.0 Å². The van der Waals surface area contributed by atoms with E-state index in [0.29, 0.717) is 5.69 Å². The normalized spacial score (nSPS) is 10.4. The molecule has 4 heteroatoms. The number of fused-ring (bicyclic) bond motifs is 1. The number of rotatable bonds is 1. The molecule has 0 unspecified atom stereocenters. The lowest BCUT2D eigenvalue weighted by atomic mass is 10.2. The van der Waals surface area contributed by atoms with E-state index >= 15 is 0 Å². The topological polar surface area (TPSA) is 52.5 Å². The van der Waals surface area contributed by atoms with Gasteiger partial charge in [-0.05, 0) is 6.07 Å². The minimum atomic E-state index is -0.0348. The minimum absolute atomic E-state index is 0.0348. The van der Waals surface area contributed by atoms with Gasteiger partial charge in [0.1, 0.15) is 10.9 Å². The van der Waals surface area contributed by atoms with E-state index in [1.807, 2.05) is 24.3 Å². The molecule has 1 heterocycles. The molecule has 0 saturated carbocycles. The Bertz CT molecular complexity index is 433. The Morgan fingerprint density at radius 1 is 1.42 bits per heavy atom. The van der Waals surface area contributed by atoms with Gasteiger partial charge in [-0.1, -0.05) is 29.8 Å². The van der Waals surface area contributed by atoms with E-state index in [2.05, 4.69) is 10.2 Å². The standard InChI is InChI=1S/C8H6ClN3/c9-8(10)7-5-3-1-2-4-6(5)11-12-7/h1-4,10H,(H,11,12). The van der Waals surface area contributed by atoms with Crippen molar-refractivity contribution in [1.29, 1.82) is 5.41 Å². The van der Waals surface area contributed by atoms with E-state index in [0.717, 1.165) is 10.9 Å². The molecule has 12 heavy (non-hydrogen) atoms. The second kappa shape index (κ2) is 2.60. The highest BCUT2D eigenvalue weighted by molar-refractivity contribution is 6.69. The van der Waals surface area contributed by atoms with Crippen LogP contribution in [0.1, 0.15) is 5.69 Å².